The molecular weight excluding hydrogens is 586 g/mol. The van der Waals surface area contributed by atoms with Crippen LogP contribution in [0.15, 0.2) is 77.0 Å². The third-order valence-electron chi connectivity index (χ3n) is 8.88. The van der Waals surface area contributed by atoms with Crippen molar-refractivity contribution >= 4 is 22.3 Å². The van der Waals surface area contributed by atoms with Gasteiger partial charge in [0.05, 0.1) is 22.7 Å². The zero-order chi connectivity index (χ0) is 31.4. The Kier molecular flexibility index (Phi) is 7.51. The van der Waals surface area contributed by atoms with Gasteiger partial charge in [0.2, 0.25) is 0 Å². The normalized spacial score (nSPS) is 22.7. The lowest BCUT2D eigenvalue weighted by Gasteiger charge is -2.52. The summed E-state index contributed by atoms with van der Waals surface area (Å²) in [6, 6.07) is 10.1. The lowest BCUT2D eigenvalue weighted by Crippen LogP contribution is -2.56. The van der Waals surface area contributed by atoms with Gasteiger partial charge in [-0.25, -0.2) is 0 Å². The molecule has 4 aromatic rings. The number of hydrogen-bond donors (Lipinski definition) is 2. The number of nitrogens with one attached hydrogen (secondary N) is 2. The van der Waals surface area contributed by atoms with E-state index in [4.69, 9.17) is 0 Å². The minimum Gasteiger partial charge on any atom is -0.376 e. The maximum absolute atomic E-state index is 13.4. The second kappa shape index (κ2) is 11.1. The zero-order valence-electron chi connectivity index (χ0n) is 23.3. The monoisotopic (exact) mass is 614 g/mol. The number of nitrogens with zero attached hydrogens (tertiary/aromatic N) is 2. The maximum Gasteiger partial charge on any atom is 0.416 e. The standard InChI is InChI=1S/C32H28F6N4O2/c1-2-18-16-42-10-8-19(18)13-25(42)26(23-7-9-39-24-6-4-3-5-22(23)24)41-28-27(29(43)30(28)44)40-15-17-11-20(31(33,34)35)14-21(12-17)32(36,37)38/h2-7,9,11-12,14,18-19,25-26,40-41H,1,8,10,13,15-16H2/t18?,19?,25?,26-/m1/s1. The third-order valence-corrected chi connectivity index (χ3v) is 8.88. The Bertz CT molecular complexity index is 1760. The van der Waals surface area contributed by atoms with Crippen molar-refractivity contribution in [3.05, 3.63) is 110 Å². The molecule has 4 heterocycles. The molecule has 3 aliphatic rings. The van der Waals surface area contributed by atoms with E-state index in [0.29, 0.717) is 24.0 Å². The highest BCUT2D eigenvalue weighted by Crippen LogP contribution is 2.43. The maximum atomic E-state index is 13.4. The molecule has 12 heteroatoms. The second-order valence-electron chi connectivity index (χ2n) is 11.5. The number of para-hydroxylation sites is 1. The van der Waals surface area contributed by atoms with E-state index in [9.17, 15) is 35.9 Å². The van der Waals surface area contributed by atoms with Crippen molar-refractivity contribution < 1.29 is 26.3 Å². The largest absolute Gasteiger partial charge is 0.416 e. The molecule has 0 spiro atoms. The molecular formula is C32H28F6N4O2. The average Bonchev–Trinajstić information content (AvgIpc) is 3.01. The summed E-state index contributed by atoms with van der Waals surface area (Å²) in [4.78, 5) is 32.3. The molecule has 0 amide bonds. The fourth-order valence-corrected chi connectivity index (χ4v) is 6.66. The predicted molar refractivity (Wildman–Crippen MR) is 155 cm³/mol. The van der Waals surface area contributed by atoms with Crippen molar-refractivity contribution in [3.63, 3.8) is 0 Å². The molecule has 1 aromatic heterocycles. The third kappa shape index (κ3) is 5.47. The van der Waals surface area contributed by atoms with Gasteiger partial charge in [0.15, 0.2) is 0 Å². The Balaban J connectivity index is 1.34. The van der Waals surface area contributed by atoms with Gasteiger partial charge in [-0.05, 0) is 72.7 Å². The average molecular weight is 615 g/mol. The molecule has 5 atom stereocenters. The Labute approximate surface area is 248 Å². The lowest BCUT2D eigenvalue weighted by atomic mass is 9.73. The van der Waals surface area contributed by atoms with Crippen molar-refractivity contribution in [3.8, 4) is 0 Å². The smallest absolute Gasteiger partial charge is 0.376 e. The van der Waals surface area contributed by atoms with Gasteiger partial charge in [0.25, 0.3) is 10.9 Å². The number of halogens is 6. The highest BCUT2D eigenvalue weighted by molar-refractivity contribution is 5.83. The molecule has 4 unspecified atom stereocenters. The van der Waals surface area contributed by atoms with Crippen LogP contribution in [-0.2, 0) is 18.9 Å². The molecule has 3 aliphatic heterocycles. The van der Waals surface area contributed by atoms with E-state index in [1.165, 1.54) is 0 Å². The first-order chi connectivity index (χ1) is 20.8. The molecule has 3 saturated heterocycles. The number of aromatic nitrogens is 1. The van der Waals surface area contributed by atoms with E-state index >= 15 is 0 Å². The van der Waals surface area contributed by atoms with Crippen molar-refractivity contribution in [1.82, 2.24) is 9.88 Å². The topological polar surface area (TPSA) is 74.3 Å². The van der Waals surface area contributed by atoms with Gasteiger partial charge in [0.1, 0.15) is 11.4 Å². The van der Waals surface area contributed by atoms with Crippen LogP contribution in [0.4, 0.5) is 37.7 Å². The molecule has 0 saturated carbocycles. The molecule has 3 fully saturated rings. The van der Waals surface area contributed by atoms with E-state index < -0.39 is 46.9 Å². The van der Waals surface area contributed by atoms with Crippen LogP contribution in [0.5, 0.6) is 0 Å². The quantitative estimate of drug-likeness (QED) is 0.134. The van der Waals surface area contributed by atoms with Crippen LogP contribution in [-0.4, -0.2) is 29.0 Å². The number of pyridine rings is 1. The zero-order valence-corrected chi connectivity index (χ0v) is 23.3. The van der Waals surface area contributed by atoms with E-state index in [1.54, 1.807) is 6.20 Å². The fourth-order valence-electron chi connectivity index (χ4n) is 6.66. The number of anilines is 2. The first-order valence-corrected chi connectivity index (χ1v) is 14.2. The minimum atomic E-state index is -5.01. The summed E-state index contributed by atoms with van der Waals surface area (Å²) >= 11 is 0. The van der Waals surface area contributed by atoms with Crippen LogP contribution < -0.4 is 21.5 Å². The Morgan fingerprint density at radius 1 is 0.977 bits per heavy atom. The van der Waals surface area contributed by atoms with Gasteiger partial charge in [-0.15, -0.1) is 6.58 Å². The Morgan fingerprint density at radius 2 is 1.66 bits per heavy atom. The summed E-state index contributed by atoms with van der Waals surface area (Å²) in [7, 11) is 0. The summed E-state index contributed by atoms with van der Waals surface area (Å²) in [6.07, 6.45) is -4.58. The van der Waals surface area contributed by atoms with Gasteiger partial charge >= 0.3 is 12.4 Å². The lowest BCUT2D eigenvalue weighted by molar-refractivity contribution is -0.143. The first-order valence-electron chi connectivity index (χ1n) is 14.2. The molecule has 0 radical (unpaired) electrons. The number of piperidine rings is 3. The van der Waals surface area contributed by atoms with E-state index in [-0.39, 0.29) is 29.0 Å². The molecule has 0 aliphatic carbocycles. The molecule has 230 valence electrons. The van der Waals surface area contributed by atoms with Gasteiger partial charge < -0.3 is 10.6 Å². The molecule has 2 N–H and O–H groups in total. The predicted octanol–water partition coefficient (Wildman–Crippen LogP) is 6.53. The molecule has 7 rings (SSSR count). The number of rotatable bonds is 8. The SMILES string of the molecule is C=CC1CN2CCC1CC2[C@H](Nc1c(NCc2cc(C(F)(F)F)cc(C(F)(F)F)c2)c(=O)c1=O)c1ccnc2ccccc12. The molecule has 3 aromatic carbocycles. The Morgan fingerprint density at radius 3 is 2.30 bits per heavy atom. The fraction of sp³-hybridized carbons (Fsp3) is 0.344. The van der Waals surface area contributed by atoms with Gasteiger partial charge in [0, 0.05) is 30.7 Å². The van der Waals surface area contributed by atoms with Crippen LogP contribution in [0, 0.1) is 11.8 Å². The molecule has 2 bridgehead atoms. The number of fused-ring (bicyclic) bond motifs is 4. The van der Waals surface area contributed by atoms with E-state index in [1.807, 2.05) is 36.4 Å². The van der Waals surface area contributed by atoms with Gasteiger partial charge in [-0.2, -0.15) is 26.3 Å². The van der Waals surface area contributed by atoms with Crippen LogP contribution >= 0.6 is 0 Å². The van der Waals surface area contributed by atoms with E-state index in [2.05, 4.69) is 27.1 Å². The summed E-state index contributed by atoms with van der Waals surface area (Å²) < 4.78 is 80.2. The molecule has 44 heavy (non-hydrogen) atoms. The van der Waals surface area contributed by atoms with Crippen LogP contribution in [0.2, 0.25) is 0 Å². The van der Waals surface area contributed by atoms with Crippen LogP contribution in [0.1, 0.15) is 41.1 Å². The second-order valence-corrected chi connectivity index (χ2v) is 11.5. The highest BCUT2D eigenvalue weighted by Gasteiger charge is 2.44. The highest BCUT2D eigenvalue weighted by atomic mass is 19.4. The van der Waals surface area contributed by atoms with Crippen LogP contribution in [0.3, 0.4) is 0 Å². The van der Waals surface area contributed by atoms with Crippen molar-refractivity contribution in [2.75, 3.05) is 23.7 Å². The first kappa shape index (κ1) is 29.9. The summed E-state index contributed by atoms with van der Waals surface area (Å²) in [6.45, 7) is 5.08. The summed E-state index contributed by atoms with van der Waals surface area (Å²) in [5.74, 6) is 0.709. The van der Waals surface area contributed by atoms with Gasteiger partial charge in [-0.3, -0.25) is 19.5 Å². The molecule has 6 nitrogen and oxygen atoms in total. The van der Waals surface area contributed by atoms with Gasteiger partial charge in [-0.1, -0.05) is 24.3 Å². The summed E-state index contributed by atoms with van der Waals surface area (Å²) in [5.41, 5.74) is -3.60. The number of hydrogen-bond acceptors (Lipinski definition) is 6. The summed E-state index contributed by atoms with van der Waals surface area (Å²) in [5, 5.41) is 6.78. The van der Waals surface area contributed by atoms with Crippen molar-refractivity contribution in [2.45, 2.75) is 43.8 Å². The van der Waals surface area contributed by atoms with Crippen molar-refractivity contribution in [2.24, 2.45) is 11.8 Å². The minimum absolute atomic E-state index is 0.0432. The van der Waals surface area contributed by atoms with Crippen LogP contribution in [0.25, 0.3) is 10.9 Å². The van der Waals surface area contributed by atoms with E-state index in [0.717, 1.165) is 42.4 Å². The number of alkyl halides is 6. The Hall–Kier alpha value is -4.19. The van der Waals surface area contributed by atoms with Crippen molar-refractivity contribution in [1.29, 1.82) is 0 Å². The number of benzene rings is 2.